The SMILES string of the molecule is C=CC(=O)N1CCC[C@H](n2nc(-c3cnn(Cc4cccc(C5CC5)c4)c3)c(C(N)=O)c2N)CC1. The minimum absolute atomic E-state index is 0.0373. The first-order valence-corrected chi connectivity index (χ1v) is 12.2. The van der Waals surface area contributed by atoms with Crippen LogP contribution in [0, 0.1) is 0 Å². The normalized spacial score (nSPS) is 18.3. The first kappa shape index (κ1) is 22.9. The zero-order chi connectivity index (χ0) is 24.5. The summed E-state index contributed by atoms with van der Waals surface area (Å²) < 4.78 is 3.54. The Labute approximate surface area is 204 Å². The number of likely N-dealkylation sites (tertiary alicyclic amines) is 1. The van der Waals surface area contributed by atoms with Gasteiger partial charge in [-0.25, -0.2) is 4.68 Å². The summed E-state index contributed by atoms with van der Waals surface area (Å²) in [5.74, 6) is 0.253. The van der Waals surface area contributed by atoms with Gasteiger partial charge in [-0.3, -0.25) is 14.3 Å². The van der Waals surface area contributed by atoms with Crippen molar-refractivity contribution < 1.29 is 9.59 Å². The van der Waals surface area contributed by atoms with Crippen LogP contribution in [0.15, 0.2) is 49.3 Å². The van der Waals surface area contributed by atoms with Crippen molar-refractivity contribution in [1.29, 1.82) is 0 Å². The van der Waals surface area contributed by atoms with E-state index in [-0.39, 0.29) is 23.3 Å². The molecular formula is C26H31N7O2. The fraction of sp³-hybridized carbons (Fsp3) is 0.385. The molecule has 2 aromatic heterocycles. The van der Waals surface area contributed by atoms with E-state index >= 15 is 0 Å². The van der Waals surface area contributed by atoms with E-state index in [1.54, 1.807) is 15.8 Å². The Morgan fingerprint density at radius 2 is 2.00 bits per heavy atom. The molecule has 35 heavy (non-hydrogen) atoms. The molecule has 182 valence electrons. The number of carbonyl (C=O) groups excluding carboxylic acids is 2. The number of rotatable bonds is 7. The zero-order valence-electron chi connectivity index (χ0n) is 19.8. The number of nitrogens with zero attached hydrogens (tertiary/aromatic N) is 5. The van der Waals surface area contributed by atoms with Gasteiger partial charge in [0.25, 0.3) is 5.91 Å². The van der Waals surface area contributed by atoms with Crippen molar-refractivity contribution in [3.63, 3.8) is 0 Å². The Hall–Kier alpha value is -3.88. The van der Waals surface area contributed by atoms with Crippen LogP contribution in [-0.4, -0.2) is 49.4 Å². The molecule has 1 aliphatic heterocycles. The molecule has 9 nitrogen and oxygen atoms in total. The summed E-state index contributed by atoms with van der Waals surface area (Å²) >= 11 is 0. The zero-order valence-corrected chi connectivity index (χ0v) is 19.8. The molecule has 4 N–H and O–H groups in total. The third-order valence-corrected chi connectivity index (χ3v) is 6.97. The van der Waals surface area contributed by atoms with Crippen molar-refractivity contribution in [2.45, 2.75) is 50.6 Å². The van der Waals surface area contributed by atoms with Gasteiger partial charge in [0.05, 0.1) is 18.8 Å². The summed E-state index contributed by atoms with van der Waals surface area (Å²) in [6.45, 7) is 5.44. The molecule has 3 aromatic rings. The molecule has 1 saturated heterocycles. The lowest BCUT2D eigenvalue weighted by Gasteiger charge is -2.19. The number of hydrogen-bond donors (Lipinski definition) is 2. The van der Waals surface area contributed by atoms with E-state index in [0.717, 1.165) is 12.8 Å². The van der Waals surface area contributed by atoms with E-state index in [9.17, 15) is 9.59 Å². The lowest BCUT2D eigenvalue weighted by molar-refractivity contribution is -0.125. The molecule has 0 radical (unpaired) electrons. The quantitative estimate of drug-likeness (QED) is 0.510. The van der Waals surface area contributed by atoms with Gasteiger partial charge >= 0.3 is 0 Å². The predicted molar refractivity (Wildman–Crippen MR) is 134 cm³/mol. The number of nitrogen functional groups attached to an aromatic ring is 1. The monoisotopic (exact) mass is 473 g/mol. The molecule has 1 aromatic carbocycles. The molecule has 0 bridgehead atoms. The fourth-order valence-electron chi connectivity index (χ4n) is 4.97. The van der Waals surface area contributed by atoms with Crippen LogP contribution in [0.5, 0.6) is 0 Å². The lowest BCUT2D eigenvalue weighted by Crippen LogP contribution is -2.30. The van der Waals surface area contributed by atoms with Crippen LogP contribution in [0.3, 0.4) is 0 Å². The first-order valence-electron chi connectivity index (χ1n) is 12.2. The summed E-state index contributed by atoms with van der Waals surface area (Å²) in [5.41, 5.74) is 16.0. The second kappa shape index (κ2) is 9.40. The van der Waals surface area contributed by atoms with Gasteiger partial charge in [-0.2, -0.15) is 10.2 Å². The van der Waals surface area contributed by atoms with Crippen molar-refractivity contribution in [2.75, 3.05) is 18.8 Å². The first-order chi connectivity index (χ1) is 16.9. The van der Waals surface area contributed by atoms with Crippen LogP contribution in [0.2, 0.25) is 0 Å². The van der Waals surface area contributed by atoms with Gasteiger partial charge < -0.3 is 16.4 Å². The van der Waals surface area contributed by atoms with E-state index < -0.39 is 5.91 Å². The highest BCUT2D eigenvalue weighted by Gasteiger charge is 2.28. The van der Waals surface area contributed by atoms with E-state index in [0.29, 0.717) is 43.2 Å². The highest BCUT2D eigenvalue weighted by atomic mass is 16.2. The Bertz CT molecular complexity index is 1270. The number of anilines is 1. The molecule has 1 atom stereocenters. The lowest BCUT2D eigenvalue weighted by atomic mass is 10.1. The van der Waals surface area contributed by atoms with Gasteiger partial charge in [0.2, 0.25) is 5.91 Å². The summed E-state index contributed by atoms with van der Waals surface area (Å²) in [6, 6.07) is 8.58. The standard InChI is InChI=1S/C26H31N7O2/c1-2-22(34)31-11-4-7-21(10-12-31)33-25(27)23(26(28)35)24(30-33)20-14-29-32(16-20)15-17-5-3-6-19(13-17)18-8-9-18/h2-3,5-6,13-14,16,18,21H,1,4,7-12,15,27H2,(H2,28,35)/t21-/m0/s1. The Balaban J connectivity index is 1.39. The van der Waals surface area contributed by atoms with Gasteiger partial charge in [0, 0.05) is 24.8 Å². The molecule has 1 aliphatic carbocycles. The van der Waals surface area contributed by atoms with Gasteiger partial charge in [0.15, 0.2) is 0 Å². The van der Waals surface area contributed by atoms with E-state index in [1.165, 1.54) is 30.0 Å². The van der Waals surface area contributed by atoms with Crippen molar-refractivity contribution >= 4 is 17.6 Å². The molecule has 2 aliphatic rings. The van der Waals surface area contributed by atoms with E-state index in [1.807, 2.05) is 10.9 Å². The minimum Gasteiger partial charge on any atom is -0.383 e. The van der Waals surface area contributed by atoms with Gasteiger partial charge in [-0.1, -0.05) is 30.8 Å². The Kier molecular flexibility index (Phi) is 6.15. The van der Waals surface area contributed by atoms with Crippen molar-refractivity contribution in [2.24, 2.45) is 5.73 Å². The summed E-state index contributed by atoms with van der Waals surface area (Å²) in [5, 5.41) is 9.24. The second-order valence-corrected chi connectivity index (χ2v) is 9.48. The minimum atomic E-state index is -0.620. The molecule has 2 fully saturated rings. The van der Waals surface area contributed by atoms with Crippen molar-refractivity contribution in [1.82, 2.24) is 24.5 Å². The topological polar surface area (TPSA) is 125 Å². The molecule has 0 spiro atoms. The highest BCUT2D eigenvalue weighted by Crippen LogP contribution is 2.40. The highest BCUT2D eigenvalue weighted by molar-refractivity contribution is 6.03. The molecule has 2 amide bonds. The number of carbonyl (C=O) groups is 2. The molecule has 5 rings (SSSR count). The Morgan fingerprint density at radius 3 is 2.74 bits per heavy atom. The van der Waals surface area contributed by atoms with Crippen LogP contribution >= 0.6 is 0 Å². The molecule has 0 unspecified atom stereocenters. The van der Waals surface area contributed by atoms with Gasteiger partial charge in [-0.05, 0) is 55.2 Å². The van der Waals surface area contributed by atoms with E-state index in [4.69, 9.17) is 16.6 Å². The van der Waals surface area contributed by atoms with Gasteiger partial charge in [-0.15, -0.1) is 0 Å². The smallest absolute Gasteiger partial charge is 0.254 e. The number of amides is 2. The maximum absolute atomic E-state index is 12.4. The summed E-state index contributed by atoms with van der Waals surface area (Å²) in [7, 11) is 0. The number of primary amides is 1. The average molecular weight is 474 g/mol. The van der Waals surface area contributed by atoms with Crippen molar-refractivity contribution in [3.05, 3.63) is 66.0 Å². The van der Waals surface area contributed by atoms with Crippen LogP contribution in [-0.2, 0) is 11.3 Å². The summed E-state index contributed by atoms with van der Waals surface area (Å²) in [4.78, 5) is 26.2. The number of hydrogen-bond acceptors (Lipinski definition) is 5. The number of aromatic nitrogens is 4. The molecular weight excluding hydrogens is 442 g/mol. The van der Waals surface area contributed by atoms with Crippen LogP contribution < -0.4 is 11.5 Å². The summed E-state index contributed by atoms with van der Waals surface area (Å²) in [6.07, 6.45) is 9.72. The number of nitrogens with two attached hydrogens (primary N) is 2. The van der Waals surface area contributed by atoms with Crippen LogP contribution in [0.25, 0.3) is 11.3 Å². The van der Waals surface area contributed by atoms with Crippen LogP contribution in [0.1, 0.15) is 65.5 Å². The fourth-order valence-corrected chi connectivity index (χ4v) is 4.97. The molecule has 3 heterocycles. The maximum Gasteiger partial charge on any atom is 0.254 e. The van der Waals surface area contributed by atoms with Gasteiger partial charge in [0.1, 0.15) is 17.1 Å². The Morgan fingerprint density at radius 1 is 1.17 bits per heavy atom. The molecule has 1 saturated carbocycles. The van der Waals surface area contributed by atoms with Crippen LogP contribution in [0.4, 0.5) is 5.82 Å². The second-order valence-electron chi connectivity index (χ2n) is 9.48. The number of benzene rings is 1. The van der Waals surface area contributed by atoms with E-state index in [2.05, 4.69) is 35.9 Å². The maximum atomic E-state index is 12.4. The van der Waals surface area contributed by atoms with Crippen molar-refractivity contribution in [3.8, 4) is 11.3 Å². The third kappa shape index (κ3) is 4.71. The molecule has 9 heteroatoms. The third-order valence-electron chi connectivity index (χ3n) is 6.97. The largest absolute Gasteiger partial charge is 0.383 e. The predicted octanol–water partition coefficient (Wildman–Crippen LogP) is 3.09. The average Bonchev–Trinajstić information content (AvgIpc) is 3.57.